The SMILES string of the molecule is Cl.N[C@H](c1cc(F)ccc1C(F)(F)F)C(F)(F)C(F)(F)F. The van der Waals surface area contributed by atoms with Crippen molar-refractivity contribution in [3.05, 3.63) is 35.1 Å². The summed E-state index contributed by atoms with van der Waals surface area (Å²) in [7, 11) is 0. The Hall–Kier alpha value is -1.16. The largest absolute Gasteiger partial charge is 0.455 e. The van der Waals surface area contributed by atoms with Crippen LogP contribution in [0.4, 0.5) is 39.5 Å². The summed E-state index contributed by atoms with van der Waals surface area (Å²) in [4.78, 5) is 0. The van der Waals surface area contributed by atoms with Crippen LogP contribution in [-0.4, -0.2) is 12.1 Å². The van der Waals surface area contributed by atoms with E-state index in [4.69, 9.17) is 0 Å². The number of nitrogens with two attached hydrogens (primary N) is 1. The van der Waals surface area contributed by atoms with Crippen LogP contribution in [0.5, 0.6) is 0 Å². The molecule has 0 saturated carbocycles. The van der Waals surface area contributed by atoms with Crippen molar-refractivity contribution >= 4 is 12.4 Å². The summed E-state index contributed by atoms with van der Waals surface area (Å²) >= 11 is 0. The molecule has 1 rings (SSSR count). The van der Waals surface area contributed by atoms with Crippen LogP contribution in [0, 0.1) is 5.82 Å². The van der Waals surface area contributed by atoms with E-state index in [-0.39, 0.29) is 30.6 Å². The first-order chi connectivity index (χ1) is 8.78. The van der Waals surface area contributed by atoms with E-state index in [0.29, 0.717) is 0 Å². The molecule has 11 heteroatoms. The van der Waals surface area contributed by atoms with E-state index in [1.54, 1.807) is 0 Å². The molecule has 1 atom stereocenters. The molecule has 1 nitrogen and oxygen atoms in total. The van der Waals surface area contributed by atoms with E-state index in [9.17, 15) is 39.5 Å². The van der Waals surface area contributed by atoms with Crippen molar-refractivity contribution in [2.75, 3.05) is 0 Å². The van der Waals surface area contributed by atoms with Crippen LogP contribution in [0.25, 0.3) is 0 Å². The summed E-state index contributed by atoms with van der Waals surface area (Å²) < 4.78 is 113. The molecule has 0 bridgehead atoms. The van der Waals surface area contributed by atoms with Crippen molar-refractivity contribution in [2.24, 2.45) is 5.73 Å². The van der Waals surface area contributed by atoms with Crippen molar-refractivity contribution < 1.29 is 39.5 Å². The number of alkyl halides is 8. The molecule has 0 aliphatic heterocycles. The van der Waals surface area contributed by atoms with Crippen molar-refractivity contribution in [1.82, 2.24) is 0 Å². The number of benzene rings is 1. The van der Waals surface area contributed by atoms with Gasteiger partial charge in [-0.3, -0.25) is 0 Å². The third kappa shape index (κ3) is 3.94. The molecule has 0 spiro atoms. The Morgan fingerprint density at radius 2 is 1.38 bits per heavy atom. The molecule has 21 heavy (non-hydrogen) atoms. The second-order valence-corrected chi connectivity index (χ2v) is 3.83. The maximum atomic E-state index is 13.0. The molecule has 0 radical (unpaired) electrons. The van der Waals surface area contributed by atoms with Crippen molar-refractivity contribution in [1.29, 1.82) is 0 Å². The molecule has 0 saturated heterocycles. The Morgan fingerprint density at radius 1 is 0.905 bits per heavy atom. The molecule has 0 amide bonds. The monoisotopic (exact) mass is 347 g/mol. The lowest BCUT2D eigenvalue weighted by atomic mass is 9.95. The van der Waals surface area contributed by atoms with Gasteiger partial charge in [-0.15, -0.1) is 12.4 Å². The maximum Gasteiger partial charge on any atom is 0.455 e. The fraction of sp³-hybridized carbons (Fsp3) is 0.400. The minimum atomic E-state index is -6.17. The molecule has 1 aromatic carbocycles. The average Bonchev–Trinajstić information content (AvgIpc) is 2.24. The van der Waals surface area contributed by atoms with Gasteiger partial charge in [0.15, 0.2) is 0 Å². The molecule has 0 aromatic heterocycles. The summed E-state index contributed by atoms with van der Waals surface area (Å²) in [5.74, 6) is -7.05. The smallest absolute Gasteiger partial charge is 0.319 e. The maximum absolute atomic E-state index is 13.0. The van der Waals surface area contributed by atoms with Crippen molar-refractivity contribution in [3.8, 4) is 0 Å². The summed E-state index contributed by atoms with van der Waals surface area (Å²) in [6.07, 6.45) is -11.4. The zero-order chi connectivity index (χ0) is 15.9. The van der Waals surface area contributed by atoms with Crippen molar-refractivity contribution in [2.45, 2.75) is 24.3 Å². The minimum Gasteiger partial charge on any atom is -0.319 e. The van der Waals surface area contributed by atoms with Gasteiger partial charge < -0.3 is 5.73 Å². The number of hydrogen-bond donors (Lipinski definition) is 1. The number of rotatable bonds is 2. The lowest BCUT2D eigenvalue weighted by molar-refractivity contribution is -0.291. The highest BCUT2D eigenvalue weighted by Gasteiger charge is 2.62. The van der Waals surface area contributed by atoms with Crippen LogP contribution >= 0.6 is 12.4 Å². The van der Waals surface area contributed by atoms with Crippen LogP contribution in [-0.2, 0) is 6.18 Å². The Bertz CT molecular complexity index is 494. The van der Waals surface area contributed by atoms with Crippen LogP contribution in [0.3, 0.4) is 0 Å². The van der Waals surface area contributed by atoms with Crippen LogP contribution in [0.15, 0.2) is 18.2 Å². The van der Waals surface area contributed by atoms with Crippen LogP contribution in [0.2, 0.25) is 0 Å². The minimum absolute atomic E-state index is 0. The lowest BCUT2D eigenvalue weighted by Gasteiger charge is -2.27. The second kappa shape index (κ2) is 5.91. The van der Waals surface area contributed by atoms with Gasteiger partial charge in [0.1, 0.15) is 11.9 Å². The van der Waals surface area contributed by atoms with E-state index in [2.05, 4.69) is 5.73 Å². The Morgan fingerprint density at radius 3 is 1.76 bits per heavy atom. The standard InChI is InChI=1S/C10H6F9N.ClH/c11-4-1-2-6(9(14,15)16)5(3-4)7(20)8(12,13)10(17,18)19;/h1-3,7H,20H2;1H/t7-;/m1./s1. The van der Waals surface area contributed by atoms with E-state index < -0.39 is 41.3 Å². The molecule has 2 N–H and O–H groups in total. The lowest BCUT2D eigenvalue weighted by Crippen LogP contribution is -2.46. The Balaban J connectivity index is 0.00000400. The normalized spacial score (nSPS) is 14.6. The average molecular weight is 348 g/mol. The molecule has 0 aliphatic carbocycles. The Labute approximate surface area is 118 Å². The van der Waals surface area contributed by atoms with E-state index in [1.807, 2.05) is 0 Å². The van der Waals surface area contributed by atoms with E-state index in [0.717, 1.165) is 0 Å². The molecule has 0 heterocycles. The first-order valence-electron chi connectivity index (χ1n) is 4.85. The predicted molar refractivity (Wildman–Crippen MR) is 56.6 cm³/mol. The number of hydrogen-bond acceptors (Lipinski definition) is 1. The van der Waals surface area contributed by atoms with Gasteiger partial charge in [-0.1, -0.05) is 0 Å². The second-order valence-electron chi connectivity index (χ2n) is 3.83. The van der Waals surface area contributed by atoms with Gasteiger partial charge in [0.05, 0.1) is 5.56 Å². The highest BCUT2D eigenvalue weighted by Crippen LogP contribution is 2.46. The molecular weight excluding hydrogens is 341 g/mol. The third-order valence-electron chi connectivity index (χ3n) is 2.42. The molecule has 1 aromatic rings. The van der Waals surface area contributed by atoms with Gasteiger partial charge in [-0.2, -0.15) is 35.1 Å². The van der Waals surface area contributed by atoms with Crippen LogP contribution < -0.4 is 5.73 Å². The summed E-state index contributed by atoms with van der Waals surface area (Å²) in [6.45, 7) is 0. The zero-order valence-corrected chi connectivity index (χ0v) is 10.5. The molecule has 122 valence electrons. The molecule has 0 aliphatic rings. The molecular formula is C10H7ClF9N. The third-order valence-corrected chi connectivity index (χ3v) is 2.42. The summed E-state index contributed by atoms with van der Waals surface area (Å²) in [5.41, 5.74) is 1.07. The van der Waals surface area contributed by atoms with E-state index in [1.165, 1.54) is 0 Å². The van der Waals surface area contributed by atoms with Crippen LogP contribution in [0.1, 0.15) is 17.2 Å². The van der Waals surface area contributed by atoms with Gasteiger partial charge in [0, 0.05) is 0 Å². The van der Waals surface area contributed by atoms with Gasteiger partial charge in [-0.05, 0) is 23.8 Å². The van der Waals surface area contributed by atoms with Gasteiger partial charge >= 0.3 is 18.3 Å². The summed E-state index contributed by atoms with van der Waals surface area (Å²) in [5, 5.41) is 0. The topological polar surface area (TPSA) is 26.0 Å². The quantitative estimate of drug-likeness (QED) is 0.785. The van der Waals surface area contributed by atoms with Gasteiger partial charge in [0.2, 0.25) is 0 Å². The van der Waals surface area contributed by atoms with Gasteiger partial charge in [0.25, 0.3) is 0 Å². The zero-order valence-electron chi connectivity index (χ0n) is 9.70. The van der Waals surface area contributed by atoms with E-state index >= 15 is 0 Å². The fourth-order valence-electron chi connectivity index (χ4n) is 1.42. The molecule has 0 fully saturated rings. The summed E-state index contributed by atoms with van der Waals surface area (Å²) in [6, 6.07) is -3.13. The van der Waals surface area contributed by atoms with Gasteiger partial charge in [-0.25, -0.2) is 4.39 Å². The predicted octanol–water partition coefficient (Wildman–Crippen LogP) is 4.46. The molecule has 0 unspecified atom stereocenters. The highest BCUT2D eigenvalue weighted by molar-refractivity contribution is 5.85. The highest BCUT2D eigenvalue weighted by atomic mass is 35.5. The number of halogens is 10. The Kier molecular flexibility index (Phi) is 5.59. The van der Waals surface area contributed by atoms with Crippen molar-refractivity contribution in [3.63, 3.8) is 0 Å². The first-order valence-corrected chi connectivity index (χ1v) is 4.85. The fourth-order valence-corrected chi connectivity index (χ4v) is 1.42. The first kappa shape index (κ1) is 19.8.